The molecule has 36 heavy (non-hydrogen) atoms. The molecule has 1 fully saturated rings. The molecule has 4 aromatic rings. The first kappa shape index (κ1) is 24.2. The number of fused-ring (bicyclic) bond motifs is 1. The lowest BCUT2D eigenvalue weighted by Crippen LogP contribution is -2.39. The number of hydrogen-bond acceptors (Lipinski definition) is 5. The molecule has 1 saturated heterocycles. The molecule has 1 N–H and O–H groups in total. The number of aryl methyl sites for hydroxylation is 1. The summed E-state index contributed by atoms with van der Waals surface area (Å²) in [6.45, 7) is 8.88. The molecule has 1 aromatic carbocycles. The van der Waals surface area contributed by atoms with Gasteiger partial charge >= 0.3 is 0 Å². The number of piperidine rings is 1. The molecule has 1 aliphatic heterocycles. The number of pyridine rings is 3. The Hall–Kier alpha value is -3.51. The average Bonchev–Trinajstić information content (AvgIpc) is 2.88. The SMILES string of the molecule is Cc1ccc(C(=O)NCc2cc3nc(-c4cccc(N5CC(C)CC(C)C5)n4)ccc3cn2)cc1Cl. The summed E-state index contributed by atoms with van der Waals surface area (Å²) < 4.78 is 0. The second-order valence-corrected chi connectivity index (χ2v) is 10.4. The molecule has 6 nitrogen and oxygen atoms in total. The highest BCUT2D eigenvalue weighted by Gasteiger charge is 2.23. The molecule has 7 heteroatoms. The third-order valence-corrected chi connectivity index (χ3v) is 7.09. The number of halogens is 1. The maximum atomic E-state index is 12.6. The van der Waals surface area contributed by atoms with Gasteiger partial charge in [0.15, 0.2) is 0 Å². The Bertz CT molecular complexity index is 1410. The van der Waals surface area contributed by atoms with E-state index >= 15 is 0 Å². The fourth-order valence-corrected chi connectivity index (χ4v) is 5.08. The van der Waals surface area contributed by atoms with Crippen molar-refractivity contribution < 1.29 is 4.79 Å². The second kappa shape index (κ2) is 10.2. The molecular formula is C29H30ClN5O. The second-order valence-electron chi connectivity index (χ2n) is 9.94. The molecule has 184 valence electrons. The Balaban J connectivity index is 1.34. The fraction of sp³-hybridized carbons (Fsp3) is 0.310. The smallest absolute Gasteiger partial charge is 0.251 e. The molecule has 0 saturated carbocycles. The largest absolute Gasteiger partial charge is 0.356 e. The number of carbonyl (C=O) groups is 1. The average molecular weight is 500 g/mol. The summed E-state index contributed by atoms with van der Waals surface area (Å²) in [4.78, 5) is 29.3. The van der Waals surface area contributed by atoms with E-state index in [2.05, 4.69) is 41.2 Å². The Labute approximate surface area is 216 Å². The van der Waals surface area contributed by atoms with Crippen LogP contribution < -0.4 is 10.2 Å². The predicted molar refractivity (Wildman–Crippen MR) is 145 cm³/mol. The van der Waals surface area contributed by atoms with Crippen LogP contribution in [0.25, 0.3) is 22.3 Å². The van der Waals surface area contributed by atoms with E-state index in [0.717, 1.165) is 52.5 Å². The zero-order valence-corrected chi connectivity index (χ0v) is 21.6. The van der Waals surface area contributed by atoms with Crippen LogP contribution >= 0.6 is 11.6 Å². The van der Waals surface area contributed by atoms with Gasteiger partial charge < -0.3 is 10.2 Å². The summed E-state index contributed by atoms with van der Waals surface area (Å²) in [6, 6.07) is 17.3. The van der Waals surface area contributed by atoms with Gasteiger partial charge in [0.25, 0.3) is 5.91 Å². The summed E-state index contributed by atoms with van der Waals surface area (Å²) >= 11 is 6.16. The summed E-state index contributed by atoms with van der Waals surface area (Å²) in [7, 11) is 0. The van der Waals surface area contributed by atoms with Crippen LogP contribution in [-0.2, 0) is 6.54 Å². The summed E-state index contributed by atoms with van der Waals surface area (Å²) in [6.07, 6.45) is 3.05. The van der Waals surface area contributed by atoms with Crippen molar-refractivity contribution in [1.82, 2.24) is 20.3 Å². The van der Waals surface area contributed by atoms with Crippen LogP contribution in [-0.4, -0.2) is 33.9 Å². The molecule has 4 heterocycles. The molecule has 0 spiro atoms. The maximum absolute atomic E-state index is 12.6. The van der Waals surface area contributed by atoms with E-state index in [9.17, 15) is 4.79 Å². The van der Waals surface area contributed by atoms with E-state index in [1.165, 1.54) is 6.42 Å². The van der Waals surface area contributed by atoms with Gasteiger partial charge in [-0.25, -0.2) is 9.97 Å². The van der Waals surface area contributed by atoms with E-state index < -0.39 is 0 Å². The maximum Gasteiger partial charge on any atom is 0.251 e. The Morgan fingerprint density at radius 1 is 1.03 bits per heavy atom. The molecule has 3 aromatic heterocycles. The van der Waals surface area contributed by atoms with Gasteiger partial charge in [-0.2, -0.15) is 0 Å². The van der Waals surface area contributed by atoms with E-state index in [4.69, 9.17) is 21.6 Å². The van der Waals surface area contributed by atoms with Crippen molar-refractivity contribution in [3.63, 3.8) is 0 Å². The van der Waals surface area contributed by atoms with E-state index in [1.807, 2.05) is 37.3 Å². The summed E-state index contributed by atoms with van der Waals surface area (Å²) in [5.41, 5.74) is 4.68. The zero-order chi connectivity index (χ0) is 25.2. The highest BCUT2D eigenvalue weighted by atomic mass is 35.5. The first-order valence-electron chi connectivity index (χ1n) is 12.4. The van der Waals surface area contributed by atoms with Crippen LogP contribution in [0.5, 0.6) is 0 Å². The van der Waals surface area contributed by atoms with E-state index in [1.54, 1.807) is 18.3 Å². The monoisotopic (exact) mass is 499 g/mol. The van der Waals surface area contributed by atoms with Gasteiger partial charge in [0.05, 0.1) is 29.1 Å². The lowest BCUT2D eigenvalue weighted by molar-refractivity contribution is 0.0950. The summed E-state index contributed by atoms with van der Waals surface area (Å²) in [5, 5.41) is 4.43. The molecule has 0 bridgehead atoms. The van der Waals surface area contributed by atoms with Crippen molar-refractivity contribution in [3.05, 3.63) is 82.6 Å². The third-order valence-electron chi connectivity index (χ3n) is 6.68. The van der Waals surface area contributed by atoms with Crippen molar-refractivity contribution in [3.8, 4) is 11.4 Å². The van der Waals surface area contributed by atoms with Crippen LogP contribution in [0.15, 0.2) is 60.8 Å². The van der Waals surface area contributed by atoms with Crippen molar-refractivity contribution in [2.45, 2.75) is 33.7 Å². The molecule has 2 atom stereocenters. The fourth-order valence-electron chi connectivity index (χ4n) is 4.90. The van der Waals surface area contributed by atoms with Gasteiger partial charge in [0.1, 0.15) is 5.82 Å². The van der Waals surface area contributed by atoms with Crippen LogP contribution in [0.2, 0.25) is 5.02 Å². The van der Waals surface area contributed by atoms with Crippen molar-refractivity contribution in [2.75, 3.05) is 18.0 Å². The molecule has 1 amide bonds. The van der Waals surface area contributed by atoms with E-state index in [0.29, 0.717) is 29.0 Å². The topological polar surface area (TPSA) is 71.0 Å². The van der Waals surface area contributed by atoms with Crippen LogP contribution in [0.4, 0.5) is 5.82 Å². The molecule has 5 rings (SSSR count). The number of nitrogens with zero attached hydrogens (tertiary/aromatic N) is 4. The minimum atomic E-state index is -0.192. The highest BCUT2D eigenvalue weighted by Crippen LogP contribution is 2.27. The first-order chi connectivity index (χ1) is 17.4. The zero-order valence-electron chi connectivity index (χ0n) is 20.8. The van der Waals surface area contributed by atoms with Gasteiger partial charge in [0, 0.05) is 35.3 Å². The van der Waals surface area contributed by atoms with Crippen LogP contribution in [0, 0.1) is 18.8 Å². The number of rotatable bonds is 5. The van der Waals surface area contributed by atoms with Gasteiger partial charge in [-0.3, -0.25) is 9.78 Å². The van der Waals surface area contributed by atoms with Crippen molar-refractivity contribution in [2.24, 2.45) is 11.8 Å². The lowest BCUT2D eigenvalue weighted by atomic mass is 9.92. The quantitative estimate of drug-likeness (QED) is 0.361. The Morgan fingerprint density at radius 3 is 2.58 bits per heavy atom. The van der Waals surface area contributed by atoms with Crippen molar-refractivity contribution >= 4 is 34.2 Å². The Morgan fingerprint density at radius 2 is 1.81 bits per heavy atom. The molecule has 2 unspecified atom stereocenters. The predicted octanol–water partition coefficient (Wildman–Crippen LogP) is 6.07. The minimum absolute atomic E-state index is 0.192. The summed E-state index contributed by atoms with van der Waals surface area (Å²) in [5.74, 6) is 2.13. The number of hydrogen-bond donors (Lipinski definition) is 1. The van der Waals surface area contributed by atoms with Gasteiger partial charge in [-0.05, 0) is 73.2 Å². The van der Waals surface area contributed by atoms with Crippen LogP contribution in [0.3, 0.4) is 0 Å². The highest BCUT2D eigenvalue weighted by molar-refractivity contribution is 6.31. The number of aromatic nitrogens is 3. The molecular weight excluding hydrogens is 470 g/mol. The number of anilines is 1. The molecule has 0 radical (unpaired) electrons. The molecule has 0 aliphatic carbocycles. The standard InChI is InChI=1S/C29H30ClN5O/c1-18-11-19(2)17-35(16-18)28-6-4-5-25(34-28)26-10-9-22-14-31-23(13-27(22)33-26)15-32-29(36)21-8-7-20(3)24(30)12-21/h4-10,12-14,18-19H,11,15-17H2,1-3H3,(H,32,36). The van der Waals surface area contributed by atoms with E-state index in [-0.39, 0.29) is 5.91 Å². The minimum Gasteiger partial charge on any atom is -0.356 e. The van der Waals surface area contributed by atoms with Crippen molar-refractivity contribution in [1.29, 1.82) is 0 Å². The number of nitrogens with one attached hydrogen (secondary N) is 1. The van der Waals surface area contributed by atoms with Crippen LogP contribution in [0.1, 0.15) is 41.9 Å². The third kappa shape index (κ3) is 5.34. The van der Waals surface area contributed by atoms with Gasteiger partial charge in [-0.15, -0.1) is 0 Å². The number of carbonyl (C=O) groups excluding carboxylic acids is 1. The molecule has 1 aliphatic rings. The Kier molecular flexibility index (Phi) is 6.88. The number of amides is 1. The van der Waals surface area contributed by atoms with Gasteiger partial charge in [0.2, 0.25) is 0 Å². The number of benzene rings is 1. The first-order valence-corrected chi connectivity index (χ1v) is 12.8. The lowest BCUT2D eigenvalue weighted by Gasteiger charge is -2.35. The normalized spacial score (nSPS) is 17.8. The van der Waals surface area contributed by atoms with Gasteiger partial charge in [-0.1, -0.05) is 37.6 Å².